The number of hydrogen-bond donors (Lipinski definition) is 0. The maximum absolute atomic E-state index is 13.6. The van der Waals surface area contributed by atoms with Crippen LogP contribution in [0, 0.1) is 11.8 Å². The molecule has 0 heterocycles. The van der Waals surface area contributed by atoms with Crippen molar-refractivity contribution in [2.45, 2.75) is 106 Å². The molecule has 0 saturated carbocycles. The number of carbonyl (C=O) groups is 1. The molecule has 0 aliphatic rings. The quantitative estimate of drug-likeness (QED) is 0.0826. The third-order valence-corrected chi connectivity index (χ3v) is 5.14. The van der Waals surface area contributed by atoms with Gasteiger partial charge in [-0.3, -0.25) is 0 Å². The SMILES string of the molecule is CCCCCCCCCCC#CCOC(=O)C(F)(F)C(F)(F)C(F)(F)C(F)(F)C(F)(F)C(F)(F)C(F)(F)F. The van der Waals surface area contributed by atoms with Crippen molar-refractivity contribution in [1.82, 2.24) is 0 Å². The number of rotatable bonds is 15. The van der Waals surface area contributed by atoms with E-state index >= 15 is 0 Å². The van der Waals surface area contributed by atoms with Gasteiger partial charge in [0.2, 0.25) is 0 Å². The highest BCUT2D eigenvalue weighted by Gasteiger charge is 2.94. The summed E-state index contributed by atoms with van der Waals surface area (Å²) in [5.74, 6) is -47.9. The average Bonchev–Trinajstić information content (AvgIpc) is 2.78. The van der Waals surface area contributed by atoms with E-state index in [-0.39, 0.29) is 6.42 Å². The van der Waals surface area contributed by atoms with Crippen molar-refractivity contribution in [2.75, 3.05) is 6.61 Å². The fraction of sp³-hybridized carbons (Fsp3) is 0.857. The number of esters is 1. The Bertz CT molecular complexity index is 823. The second-order valence-corrected chi connectivity index (χ2v) is 8.10. The Morgan fingerprint density at radius 1 is 0.553 bits per heavy atom. The van der Waals surface area contributed by atoms with Gasteiger partial charge < -0.3 is 4.74 Å². The van der Waals surface area contributed by atoms with Crippen molar-refractivity contribution >= 4 is 5.97 Å². The van der Waals surface area contributed by atoms with Gasteiger partial charge in [-0.25, -0.2) is 4.79 Å². The van der Waals surface area contributed by atoms with Gasteiger partial charge in [0.1, 0.15) is 0 Å². The lowest BCUT2D eigenvalue weighted by Crippen LogP contribution is -2.73. The Morgan fingerprint density at radius 2 is 0.947 bits per heavy atom. The standard InChI is InChI=1S/C21H23F15O2/c1-2-3-4-5-6-7-8-9-10-11-12-13-38-14(37)15(22,23)16(24,25)17(26,27)18(28,29)19(30,31)20(32,33)21(34,35)36/h2-10,13H2,1H3. The van der Waals surface area contributed by atoms with Crippen LogP contribution in [0.15, 0.2) is 0 Å². The van der Waals surface area contributed by atoms with Crippen molar-refractivity contribution in [1.29, 1.82) is 0 Å². The van der Waals surface area contributed by atoms with Crippen molar-refractivity contribution in [3.05, 3.63) is 0 Å². The van der Waals surface area contributed by atoms with Gasteiger partial charge >= 0.3 is 47.7 Å². The summed E-state index contributed by atoms with van der Waals surface area (Å²) < 4.78 is 200. The lowest BCUT2D eigenvalue weighted by atomic mass is 9.91. The zero-order chi connectivity index (χ0) is 30.3. The van der Waals surface area contributed by atoms with E-state index in [9.17, 15) is 70.7 Å². The van der Waals surface area contributed by atoms with Crippen LogP contribution in [0.3, 0.4) is 0 Å². The Labute approximate surface area is 207 Å². The van der Waals surface area contributed by atoms with Crippen molar-refractivity contribution in [2.24, 2.45) is 0 Å². The van der Waals surface area contributed by atoms with E-state index in [0.29, 0.717) is 12.8 Å². The largest absolute Gasteiger partial charge is 0.460 e. The molecule has 0 fully saturated rings. The lowest BCUT2D eigenvalue weighted by molar-refractivity contribution is -0.450. The molecule has 38 heavy (non-hydrogen) atoms. The van der Waals surface area contributed by atoms with Crippen LogP contribution in [0.2, 0.25) is 0 Å². The molecule has 2 nitrogen and oxygen atoms in total. The van der Waals surface area contributed by atoms with Gasteiger partial charge in [-0.2, -0.15) is 65.9 Å². The molecule has 224 valence electrons. The minimum Gasteiger partial charge on any atom is -0.448 e. The number of halogens is 15. The molecule has 0 unspecified atom stereocenters. The molecular weight excluding hydrogens is 569 g/mol. The molecule has 0 aliphatic heterocycles. The maximum Gasteiger partial charge on any atom is 0.460 e. The molecule has 0 atom stereocenters. The first-order chi connectivity index (χ1) is 17.0. The van der Waals surface area contributed by atoms with Gasteiger partial charge in [-0.15, -0.1) is 0 Å². The molecule has 0 aromatic rings. The molecule has 0 aromatic carbocycles. The highest BCUT2D eigenvalue weighted by Crippen LogP contribution is 2.62. The Hall–Kier alpha value is -2.02. The zero-order valence-electron chi connectivity index (χ0n) is 19.6. The van der Waals surface area contributed by atoms with Crippen LogP contribution < -0.4 is 0 Å². The molecule has 17 heteroatoms. The predicted octanol–water partition coefficient (Wildman–Crippen LogP) is 8.44. The van der Waals surface area contributed by atoms with Crippen LogP contribution in [-0.4, -0.2) is 54.3 Å². The number of ether oxygens (including phenoxy) is 1. The van der Waals surface area contributed by atoms with Gasteiger partial charge in [-0.05, 0) is 6.42 Å². The van der Waals surface area contributed by atoms with Crippen LogP contribution >= 0.6 is 0 Å². The first-order valence-electron chi connectivity index (χ1n) is 10.9. The fourth-order valence-corrected chi connectivity index (χ4v) is 2.77. The summed E-state index contributed by atoms with van der Waals surface area (Å²) in [5.41, 5.74) is 0. The Balaban J connectivity index is 5.34. The molecule has 0 spiro atoms. The van der Waals surface area contributed by atoms with Gasteiger partial charge in [0.25, 0.3) is 0 Å². The van der Waals surface area contributed by atoms with Crippen LogP contribution in [0.1, 0.15) is 64.7 Å². The summed E-state index contributed by atoms with van der Waals surface area (Å²) >= 11 is 0. The van der Waals surface area contributed by atoms with E-state index < -0.39 is 54.3 Å². The van der Waals surface area contributed by atoms with E-state index in [0.717, 1.165) is 38.5 Å². The van der Waals surface area contributed by atoms with E-state index in [1.165, 1.54) is 0 Å². The molecule has 0 bridgehead atoms. The molecular formula is C21H23F15O2. The minimum atomic E-state index is -8.46. The molecule has 0 amide bonds. The number of hydrogen-bond acceptors (Lipinski definition) is 2. The highest BCUT2D eigenvalue weighted by molar-refractivity contribution is 5.79. The van der Waals surface area contributed by atoms with Crippen molar-refractivity contribution in [3.63, 3.8) is 0 Å². The summed E-state index contributed by atoms with van der Waals surface area (Å²) in [6, 6.07) is 0. The van der Waals surface area contributed by atoms with Crippen molar-refractivity contribution in [3.8, 4) is 11.8 Å². The molecule has 0 aliphatic carbocycles. The number of carbonyl (C=O) groups excluding carboxylic acids is 1. The summed E-state index contributed by atoms with van der Waals surface area (Å²) in [6.07, 6.45) is -0.504. The van der Waals surface area contributed by atoms with Crippen LogP contribution in [0.5, 0.6) is 0 Å². The van der Waals surface area contributed by atoms with E-state index in [4.69, 9.17) is 0 Å². The first-order valence-corrected chi connectivity index (χ1v) is 10.9. The van der Waals surface area contributed by atoms with Crippen LogP contribution in [0.4, 0.5) is 65.9 Å². The van der Waals surface area contributed by atoms with E-state index in [2.05, 4.69) is 10.7 Å². The maximum atomic E-state index is 13.6. The third-order valence-electron chi connectivity index (χ3n) is 5.14. The van der Waals surface area contributed by atoms with Crippen LogP contribution in [-0.2, 0) is 9.53 Å². The smallest absolute Gasteiger partial charge is 0.448 e. The molecule has 0 rings (SSSR count). The molecule has 0 radical (unpaired) electrons. The highest BCUT2D eigenvalue weighted by atomic mass is 19.4. The second kappa shape index (κ2) is 12.9. The summed E-state index contributed by atoms with van der Waals surface area (Å²) in [5, 5.41) is 0. The van der Waals surface area contributed by atoms with Gasteiger partial charge in [0.15, 0.2) is 6.61 Å². The van der Waals surface area contributed by atoms with Crippen molar-refractivity contribution < 1.29 is 75.4 Å². The van der Waals surface area contributed by atoms with E-state index in [1.807, 2.05) is 12.8 Å². The predicted molar refractivity (Wildman–Crippen MR) is 102 cm³/mol. The zero-order valence-corrected chi connectivity index (χ0v) is 19.6. The fourth-order valence-electron chi connectivity index (χ4n) is 2.77. The third kappa shape index (κ3) is 7.13. The minimum absolute atomic E-state index is 0.0891. The molecule has 0 N–H and O–H groups in total. The average molecular weight is 592 g/mol. The summed E-state index contributed by atoms with van der Waals surface area (Å²) in [4.78, 5) is 11.2. The Kier molecular flexibility index (Phi) is 12.2. The second-order valence-electron chi connectivity index (χ2n) is 8.10. The Morgan fingerprint density at radius 3 is 1.39 bits per heavy atom. The molecule has 0 saturated heterocycles. The van der Waals surface area contributed by atoms with E-state index in [1.54, 1.807) is 0 Å². The number of alkyl halides is 15. The lowest BCUT2D eigenvalue weighted by Gasteiger charge is -2.40. The topological polar surface area (TPSA) is 26.3 Å². The first kappa shape index (κ1) is 36.0. The van der Waals surface area contributed by atoms with Gasteiger partial charge in [0, 0.05) is 6.42 Å². The van der Waals surface area contributed by atoms with Crippen LogP contribution in [0.25, 0.3) is 0 Å². The summed E-state index contributed by atoms with van der Waals surface area (Å²) in [6.45, 7) is 0.551. The number of unbranched alkanes of at least 4 members (excludes halogenated alkanes) is 8. The monoisotopic (exact) mass is 592 g/mol. The van der Waals surface area contributed by atoms with Gasteiger partial charge in [-0.1, -0.05) is 63.7 Å². The normalized spacial score (nSPS) is 14.2. The van der Waals surface area contributed by atoms with Gasteiger partial charge in [0.05, 0.1) is 0 Å². The summed E-state index contributed by atoms with van der Waals surface area (Å²) in [7, 11) is 0. The molecule has 0 aromatic heterocycles.